The monoisotopic (exact) mass is 344 g/mol. The summed E-state index contributed by atoms with van der Waals surface area (Å²) >= 11 is 0. The first-order chi connectivity index (χ1) is 12.0. The molecular weight excluding hydrogens is 319 g/mol. The number of carbonyl (C=O) groups is 1. The Morgan fingerprint density at radius 3 is 2.88 bits per heavy atom. The van der Waals surface area contributed by atoms with Gasteiger partial charge in [0.25, 0.3) is 0 Å². The van der Waals surface area contributed by atoms with Crippen molar-refractivity contribution in [3.8, 4) is 0 Å². The van der Waals surface area contributed by atoms with Crippen LogP contribution in [0.1, 0.15) is 24.8 Å². The molecular formula is C19H25FN4O. The fourth-order valence-electron chi connectivity index (χ4n) is 3.25. The van der Waals surface area contributed by atoms with E-state index >= 15 is 0 Å². The van der Waals surface area contributed by atoms with Crippen LogP contribution >= 0.6 is 0 Å². The lowest BCUT2D eigenvalue weighted by Crippen LogP contribution is -2.28. The molecule has 2 aromatic rings. The topological polar surface area (TPSA) is 48.5 Å². The van der Waals surface area contributed by atoms with Gasteiger partial charge in [0, 0.05) is 57.2 Å². The number of halogens is 1. The second kappa shape index (κ2) is 7.78. The fraction of sp³-hybridized carbons (Fsp3) is 0.474. The van der Waals surface area contributed by atoms with Crippen LogP contribution in [0.25, 0.3) is 10.9 Å². The number of carbonyl (C=O) groups excluding carboxylic acids is 1. The van der Waals surface area contributed by atoms with E-state index in [1.54, 1.807) is 6.07 Å². The van der Waals surface area contributed by atoms with Crippen LogP contribution in [-0.4, -0.2) is 49.5 Å². The van der Waals surface area contributed by atoms with Gasteiger partial charge in [0.2, 0.25) is 5.91 Å². The normalized spacial score (nSPS) is 14.5. The maximum atomic E-state index is 13.4. The molecule has 1 N–H and O–H groups in total. The van der Waals surface area contributed by atoms with Gasteiger partial charge in [0.1, 0.15) is 11.6 Å². The molecule has 25 heavy (non-hydrogen) atoms. The van der Waals surface area contributed by atoms with Gasteiger partial charge in [0.15, 0.2) is 0 Å². The summed E-state index contributed by atoms with van der Waals surface area (Å²) in [6.07, 6.45) is 2.63. The van der Waals surface area contributed by atoms with Crippen LogP contribution in [0.4, 0.5) is 10.2 Å². The first-order valence-electron chi connectivity index (χ1n) is 8.79. The molecule has 134 valence electrons. The molecule has 6 heteroatoms. The van der Waals surface area contributed by atoms with E-state index in [-0.39, 0.29) is 11.7 Å². The summed E-state index contributed by atoms with van der Waals surface area (Å²) in [5.74, 6) is 0.855. The summed E-state index contributed by atoms with van der Waals surface area (Å²) in [4.78, 5) is 20.1. The summed E-state index contributed by atoms with van der Waals surface area (Å²) in [5.41, 5.74) is 1.75. The molecule has 0 radical (unpaired) electrons. The number of aromatic nitrogens is 1. The highest BCUT2D eigenvalue weighted by Gasteiger charge is 2.18. The van der Waals surface area contributed by atoms with Crippen molar-refractivity contribution in [1.29, 1.82) is 0 Å². The molecule has 2 heterocycles. The molecule has 1 aliphatic heterocycles. The maximum Gasteiger partial charge on any atom is 0.222 e. The molecule has 0 aliphatic carbocycles. The molecule has 1 saturated heterocycles. The molecule has 5 nitrogen and oxygen atoms in total. The van der Waals surface area contributed by atoms with Crippen LogP contribution in [0.15, 0.2) is 24.3 Å². The minimum Gasteiger partial charge on any atom is -0.362 e. The number of likely N-dealkylation sites (tertiary alicyclic amines) is 1. The molecule has 1 amide bonds. The fourth-order valence-corrected chi connectivity index (χ4v) is 3.25. The number of benzene rings is 1. The van der Waals surface area contributed by atoms with Crippen molar-refractivity contribution < 1.29 is 9.18 Å². The lowest BCUT2D eigenvalue weighted by atomic mass is 10.1. The molecule has 0 spiro atoms. The molecule has 1 aliphatic rings. The van der Waals surface area contributed by atoms with Crippen LogP contribution < -0.4 is 10.2 Å². The number of hydrogen-bond donors (Lipinski definition) is 1. The molecule has 3 rings (SSSR count). The van der Waals surface area contributed by atoms with E-state index in [0.29, 0.717) is 18.5 Å². The number of fused-ring (bicyclic) bond motifs is 1. The smallest absolute Gasteiger partial charge is 0.222 e. The molecule has 1 aromatic heterocycles. The highest BCUT2D eigenvalue weighted by molar-refractivity contribution is 5.82. The largest absolute Gasteiger partial charge is 0.362 e. The molecule has 0 bridgehead atoms. The number of amides is 1. The predicted octanol–water partition coefficient (Wildman–Crippen LogP) is 2.54. The van der Waals surface area contributed by atoms with E-state index in [1.165, 1.54) is 12.1 Å². The zero-order valence-electron chi connectivity index (χ0n) is 14.9. The van der Waals surface area contributed by atoms with Gasteiger partial charge in [-0.05, 0) is 37.6 Å². The summed E-state index contributed by atoms with van der Waals surface area (Å²) < 4.78 is 13.4. The van der Waals surface area contributed by atoms with Gasteiger partial charge in [-0.25, -0.2) is 9.37 Å². The Bertz CT molecular complexity index is 762. The third-order valence-corrected chi connectivity index (χ3v) is 4.53. The third kappa shape index (κ3) is 4.25. The van der Waals surface area contributed by atoms with Crippen LogP contribution in [0.3, 0.4) is 0 Å². The van der Waals surface area contributed by atoms with Crippen molar-refractivity contribution in [1.82, 2.24) is 15.2 Å². The Morgan fingerprint density at radius 2 is 2.16 bits per heavy atom. The first kappa shape index (κ1) is 17.6. The maximum absolute atomic E-state index is 13.4. The van der Waals surface area contributed by atoms with Gasteiger partial charge in [-0.2, -0.15) is 0 Å². The average Bonchev–Trinajstić information content (AvgIpc) is 2.99. The van der Waals surface area contributed by atoms with Gasteiger partial charge in [-0.3, -0.25) is 4.79 Å². The molecule has 0 unspecified atom stereocenters. The molecule has 1 aromatic carbocycles. The predicted molar refractivity (Wildman–Crippen MR) is 98.2 cm³/mol. The SMILES string of the molecule is CN(C)c1nc2cc(F)ccc2cc1CNCCCN1CCCC1=O. The van der Waals surface area contributed by atoms with Gasteiger partial charge < -0.3 is 15.1 Å². The summed E-state index contributed by atoms with van der Waals surface area (Å²) in [6.45, 7) is 3.26. The van der Waals surface area contributed by atoms with Crippen LogP contribution in [0.2, 0.25) is 0 Å². The Morgan fingerprint density at radius 1 is 1.32 bits per heavy atom. The average molecular weight is 344 g/mol. The molecule has 0 atom stereocenters. The summed E-state index contributed by atoms with van der Waals surface area (Å²) in [5, 5.41) is 4.37. The summed E-state index contributed by atoms with van der Waals surface area (Å²) in [7, 11) is 3.88. The van der Waals surface area contributed by atoms with Gasteiger partial charge in [0.05, 0.1) is 5.52 Å². The van der Waals surface area contributed by atoms with Crippen LogP contribution in [0.5, 0.6) is 0 Å². The number of anilines is 1. The number of pyridine rings is 1. The van der Waals surface area contributed by atoms with E-state index in [2.05, 4.69) is 16.4 Å². The van der Waals surface area contributed by atoms with Gasteiger partial charge >= 0.3 is 0 Å². The van der Waals surface area contributed by atoms with Crippen molar-refractivity contribution in [2.75, 3.05) is 38.6 Å². The van der Waals surface area contributed by atoms with E-state index in [4.69, 9.17) is 0 Å². The number of nitrogens with zero attached hydrogens (tertiary/aromatic N) is 3. The van der Waals surface area contributed by atoms with Crippen molar-refractivity contribution in [3.63, 3.8) is 0 Å². The Hall–Kier alpha value is -2.21. The Labute approximate surface area is 147 Å². The van der Waals surface area contributed by atoms with Gasteiger partial charge in [-0.1, -0.05) is 0 Å². The highest BCUT2D eigenvalue weighted by atomic mass is 19.1. The lowest BCUT2D eigenvalue weighted by Gasteiger charge is -2.18. The molecule has 1 fully saturated rings. The highest BCUT2D eigenvalue weighted by Crippen LogP contribution is 2.23. The molecule has 0 saturated carbocycles. The van der Waals surface area contributed by atoms with E-state index < -0.39 is 0 Å². The second-order valence-corrected chi connectivity index (χ2v) is 6.72. The summed E-state index contributed by atoms with van der Waals surface area (Å²) in [6, 6.07) is 6.75. The zero-order valence-corrected chi connectivity index (χ0v) is 14.9. The van der Waals surface area contributed by atoms with E-state index in [9.17, 15) is 9.18 Å². The van der Waals surface area contributed by atoms with E-state index in [1.807, 2.05) is 23.9 Å². The van der Waals surface area contributed by atoms with Crippen LogP contribution in [-0.2, 0) is 11.3 Å². The first-order valence-corrected chi connectivity index (χ1v) is 8.79. The van der Waals surface area contributed by atoms with Crippen molar-refractivity contribution in [2.24, 2.45) is 0 Å². The Kier molecular flexibility index (Phi) is 5.48. The zero-order chi connectivity index (χ0) is 17.8. The number of hydrogen-bond acceptors (Lipinski definition) is 4. The van der Waals surface area contributed by atoms with Crippen molar-refractivity contribution >= 4 is 22.6 Å². The second-order valence-electron chi connectivity index (χ2n) is 6.72. The lowest BCUT2D eigenvalue weighted by molar-refractivity contribution is -0.127. The van der Waals surface area contributed by atoms with Crippen LogP contribution in [0, 0.1) is 5.82 Å². The number of nitrogens with one attached hydrogen (secondary N) is 1. The van der Waals surface area contributed by atoms with Crippen molar-refractivity contribution in [3.05, 3.63) is 35.6 Å². The van der Waals surface area contributed by atoms with E-state index in [0.717, 1.165) is 49.2 Å². The Balaban J connectivity index is 1.61. The quantitative estimate of drug-likeness (QED) is 0.784. The standard InChI is InChI=1S/C19H25FN4O/c1-23(2)19-15(11-14-6-7-16(20)12-17(14)22-19)13-21-8-4-10-24-9-3-5-18(24)25/h6-7,11-12,21H,3-5,8-10,13H2,1-2H3. The van der Waals surface area contributed by atoms with Gasteiger partial charge in [-0.15, -0.1) is 0 Å². The van der Waals surface area contributed by atoms with Crippen molar-refractivity contribution in [2.45, 2.75) is 25.8 Å². The number of rotatable bonds is 7. The third-order valence-electron chi connectivity index (χ3n) is 4.53. The minimum absolute atomic E-state index is 0.271. The minimum atomic E-state index is -0.271.